The third-order valence-corrected chi connectivity index (χ3v) is 1.94. The third kappa shape index (κ3) is 3.78. The second kappa shape index (κ2) is 6.24. The third-order valence-electron chi connectivity index (χ3n) is 1.94. The molecule has 2 N–H and O–H groups in total. The Bertz CT molecular complexity index is 473. The Labute approximate surface area is 104 Å². The zero-order valence-corrected chi connectivity index (χ0v) is 9.80. The predicted molar refractivity (Wildman–Crippen MR) is 65.6 cm³/mol. The number of ether oxygens (including phenoxy) is 1. The van der Waals surface area contributed by atoms with Crippen molar-refractivity contribution in [3.05, 3.63) is 46.7 Å². The van der Waals surface area contributed by atoms with Crippen LogP contribution < -0.4 is 10.9 Å². The van der Waals surface area contributed by atoms with Crippen molar-refractivity contribution in [2.75, 3.05) is 12.0 Å². The highest BCUT2D eigenvalue weighted by Gasteiger charge is 2.08. The van der Waals surface area contributed by atoms with Gasteiger partial charge in [0.25, 0.3) is 5.69 Å². The van der Waals surface area contributed by atoms with Crippen molar-refractivity contribution in [2.45, 2.75) is 6.92 Å². The largest absolute Gasteiger partial charge is 0.461 e. The molecule has 0 aliphatic carbocycles. The summed E-state index contributed by atoms with van der Waals surface area (Å²) in [7, 11) is 0. The Balaban J connectivity index is 2.58. The molecule has 0 saturated heterocycles. The molecule has 0 aromatic heterocycles. The fourth-order valence-corrected chi connectivity index (χ4v) is 1.11. The SMILES string of the molecule is C=C(NNc1cccc([N+](=O)[O-])c1)C(=O)OCC. The van der Waals surface area contributed by atoms with Crippen LogP contribution in [0.4, 0.5) is 11.4 Å². The van der Waals surface area contributed by atoms with Gasteiger partial charge in [0, 0.05) is 12.1 Å². The Morgan fingerprint density at radius 2 is 2.28 bits per heavy atom. The maximum atomic E-state index is 11.2. The number of anilines is 1. The minimum absolute atomic E-state index is 0.0170. The highest BCUT2D eigenvalue weighted by molar-refractivity contribution is 5.87. The van der Waals surface area contributed by atoms with E-state index in [0.29, 0.717) is 5.69 Å². The number of nitro benzene ring substituents is 1. The first kappa shape index (κ1) is 13.5. The van der Waals surface area contributed by atoms with Crippen molar-refractivity contribution < 1.29 is 14.5 Å². The first-order valence-corrected chi connectivity index (χ1v) is 5.17. The van der Waals surface area contributed by atoms with E-state index < -0.39 is 10.9 Å². The Hall–Kier alpha value is -2.57. The number of nitrogens with zero attached hydrogens (tertiary/aromatic N) is 1. The number of carbonyl (C=O) groups excluding carboxylic acids is 1. The summed E-state index contributed by atoms with van der Waals surface area (Å²) in [6.07, 6.45) is 0. The van der Waals surface area contributed by atoms with Crippen molar-refractivity contribution >= 4 is 17.3 Å². The lowest BCUT2D eigenvalue weighted by Gasteiger charge is -2.10. The van der Waals surface area contributed by atoms with Gasteiger partial charge in [-0.05, 0) is 13.0 Å². The smallest absolute Gasteiger partial charge is 0.355 e. The molecule has 0 radical (unpaired) electrons. The van der Waals surface area contributed by atoms with Crippen LogP contribution in [0.3, 0.4) is 0 Å². The van der Waals surface area contributed by atoms with E-state index in [-0.39, 0.29) is 18.0 Å². The normalized spacial score (nSPS) is 9.39. The standard InChI is InChI=1S/C11H13N3O4/c1-3-18-11(15)8(2)12-13-9-5-4-6-10(7-9)14(16)17/h4-7,12-13H,2-3H2,1H3. The molecule has 7 heteroatoms. The van der Waals surface area contributed by atoms with Crippen molar-refractivity contribution in [3.8, 4) is 0 Å². The van der Waals surface area contributed by atoms with E-state index in [1.54, 1.807) is 13.0 Å². The average Bonchev–Trinajstić information content (AvgIpc) is 2.36. The number of hydrazine groups is 1. The first-order valence-electron chi connectivity index (χ1n) is 5.17. The minimum atomic E-state index is -0.588. The van der Waals surface area contributed by atoms with Gasteiger partial charge in [-0.25, -0.2) is 4.79 Å². The summed E-state index contributed by atoms with van der Waals surface area (Å²) in [6.45, 7) is 5.39. The van der Waals surface area contributed by atoms with E-state index >= 15 is 0 Å². The fourth-order valence-electron chi connectivity index (χ4n) is 1.11. The van der Waals surface area contributed by atoms with Crippen molar-refractivity contribution in [2.24, 2.45) is 0 Å². The number of carbonyl (C=O) groups is 1. The molecule has 0 atom stereocenters. The van der Waals surface area contributed by atoms with Gasteiger partial charge in [-0.2, -0.15) is 0 Å². The number of non-ortho nitro benzene ring substituents is 1. The van der Waals surface area contributed by atoms with E-state index in [1.807, 2.05) is 0 Å². The zero-order chi connectivity index (χ0) is 13.5. The molecular weight excluding hydrogens is 238 g/mol. The van der Waals surface area contributed by atoms with Gasteiger partial charge in [0.1, 0.15) is 5.70 Å². The lowest BCUT2D eigenvalue weighted by atomic mass is 10.3. The van der Waals surface area contributed by atoms with Crippen LogP contribution >= 0.6 is 0 Å². The molecule has 7 nitrogen and oxygen atoms in total. The molecule has 96 valence electrons. The molecule has 0 spiro atoms. The molecule has 0 fully saturated rings. The molecule has 0 bridgehead atoms. The molecule has 0 unspecified atom stereocenters. The highest BCUT2D eigenvalue weighted by atomic mass is 16.6. The van der Waals surface area contributed by atoms with Gasteiger partial charge in [-0.1, -0.05) is 12.6 Å². The Morgan fingerprint density at radius 1 is 1.56 bits per heavy atom. The average molecular weight is 251 g/mol. The number of hydrogen-bond acceptors (Lipinski definition) is 6. The minimum Gasteiger partial charge on any atom is -0.461 e. The van der Waals surface area contributed by atoms with E-state index in [0.717, 1.165) is 0 Å². The highest BCUT2D eigenvalue weighted by Crippen LogP contribution is 2.16. The summed E-state index contributed by atoms with van der Waals surface area (Å²) in [5.74, 6) is -0.588. The van der Waals surface area contributed by atoms with Crippen molar-refractivity contribution in [1.82, 2.24) is 5.43 Å². The molecule has 1 aromatic carbocycles. The molecule has 1 aromatic rings. The van der Waals surface area contributed by atoms with E-state index in [4.69, 9.17) is 4.74 Å². The summed E-state index contributed by atoms with van der Waals surface area (Å²) < 4.78 is 4.70. The molecule has 0 saturated carbocycles. The van der Waals surface area contributed by atoms with Crippen molar-refractivity contribution in [3.63, 3.8) is 0 Å². The lowest BCUT2D eigenvalue weighted by Crippen LogP contribution is -2.26. The second-order valence-electron chi connectivity index (χ2n) is 3.26. The first-order chi connectivity index (χ1) is 8.54. The molecule has 0 aliphatic heterocycles. The summed E-state index contributed by atoms with van der Waals surface area (Å²) in [6, 6.07) is 5.82. The van der Waals surface area contributed by atoms with E-state index in [9.17, 15) is 14.9 Å². The Kier molecular flexibility index (Phi) is 4.67. The topological polar surface area (TPSA) is 93.5 Å². The van der Waals surface area contributed by atoms with Gasteiger partial charge < -0.3 is 10.2 Å². The molecule has 0 amide bonds. The predicted octanol–water partition coefficient (Wildman–Crippen LogP) is 1.59. The molecule has 18 heavy (non-hydrogen) atoms. The molecular formula is C11H13N3O4. The summed E-state index contributed by atoms with van der Waals surface area (Å²) >= 11 is 0. The van der Waals surface area contributed by atoms with Crippen LogP contribution in [0.5, 0.6) is 0 Å². The molecule has 0 aliphatic rings. The number of nitro groups is 1. The van der Waals surface area contributed by atoms with Gasteiger partial charge in [-0.3, -0.25) is 15.5 Å². The molecule has 1 rings (SSSR count). The zero-order valence-electron chi connectivity index (χ0n) is 9.80. The monoisotopic (exact) mass is 251 g/mol. The quantitative estimate of drug-likeness (QED) is 0.345. The number of hydrogen-bond donors (Lipinski definition) is 2. The van der Waals surface area contributed by atoms with Gasteiger partial charge in [-0.15, -0.1) is 0 Å². The Morgan fingerprint density at radius 3 is 2.89 bits per heavy atom. The van der Waals surface area contributed by atoms with Crippen LogP contribution in [-0.2, 0) is 9.53 Å². The van der Waals surface area contributed by atoms with E-state index in [1.165, 1.54) is 18.2 Å². The van der Waals surface area contributed by atoms with E-state index in [2.05, 4.69) is 17.4 Å². The van der Waals surface area contributed by atoms with Gasteiger partial charge >= 0.3 is 5.97 Å². The second-order valence-corrected chi connectivity index (χ2v) is 3.26. The van der Waals surface area contributed by atoms with Crippen molar-refractivity contribution in [1.29, 1.82) is 0 Å². The van der Waals surface area contributed by atoms with Crippen LogP contribution in [-0.4, -0.2) is 17.5 Å². The maximum Gasteiger partial charge on any atom is 0.355 e. The van der Waals surface area contributed by atoms with Crippen LogP contribution in [0.2, 0.25) is 0 Å². The van der Waals surface area contributed by atoms with Gasteiger partial charge in [0.15, 0.2) is 0 Å². The van der Waals surface area contributed by atoms with Gasteiger partial charge in [0.2, 0.25) is 0 Å². The number of esters is 1. The van der Waals surface area contributed by atoms with Crippen LogP contribution in [0, 0.1) is 10.1 Å². The van der Waals surface area contributed by atoms with Crippen LogP contribution in [0.1, 0.15) is 6.92 Å². The molecule has 0 heterocycles. The number of benzene rings is 1. The van der Waals surface area contributed by atoms with Crippen LogP contribution in [0.15, 0.2) is 36.5 Å². The fraction of sp³-hybridized carbons (Fsp3) is 0.182. The van der Waals surface area contributed by atoms with Crippen LogP contribution in [0.25, 0.3) is 0 Å². The summed E-state index contributed by atoms with van der Waals surface area (Å²) in [5.41, 5.74) is 5.54. The maximum absolute atomic E-state index is 11.2. The summed E-state index contributed by atoms with van der Waals surface area (Å²) in [5, 5.41) is 10.6. The summed E-state index contributed by atoms with van der Waals surface area (Å²) in [4.78, 5) is 21.2. The number of rotatable bonds is 6. The van der Waals surface area contributed by atoms with Gasteiger partial charge in [0.05, 0.1) is 17.2 Å². The number of nitrogens with one attached hydrogen (secondary N) is 2. The lowest BCUT2D eigenvalue weighted by molar-refractivity contribution is -0.384.